The molecule has 0 spiro atoms. The minimum Gasteiger partial charge on any atom is -0.493 e. The van der Waals surface area contributed by atoms with Crippen LogP contribution in [0.5, 0.6) is 11.5 Å². The molecule has 148 valence electrons. The topological polar surface area (TPSA) is 90.8 Å². The Hall–Kier alpha value is -2.57. The number of carbonyl (C=O) groups is 1. The van der Waals surface area contributed by atoms with Crippen molar-refractivity contribution >= 4 is 5.91 Å². The van der Waals surface area contributed by atoms with Crippen LogP contribution < -0.4 is 20.9 Å². The van der Waals surface area contributed by atoms with Gasteiger partial charge in [0.05, 0.1) is 7.11 Å². The summed E-state index contributed by atoms with van der Waals surface area (Å²) in [5.74, 6) is 1.03. The zero-order valence-corrected chi connectivity index (χ0v) is 16.1. The van der Waals surface area contributed by atoms with Crippen LogP contribution in [0.1, 0.15) is 35.1 Å². The maximum Gasteiger partial charge on any atom is 0.255 e. The zero-order valence-electron chi connectivity index (χ0n) is 16.1. The molecule has 3 atom stereocenters. The van der Waals surface area contributed by atoms with Gasteiger partial charge in [0.15, 0.2) is 18.1 Å². The highest BCUT2D eigenvalue weighted by Crippen LogP contribution is 2.44. The Balaban J connectivity index is 1.60. The summed E-state index contributed by atoms with van der Waals surface area (Å²) in [6.07, 6.45) is 1.83. The van der Waals surface area contributed by atoms with E-state index in [1.54, 1.807) is 7.11 Å². The molecule has 0 aliphatic carbocycles. The number of primary amides is 1. The van der Waals surface area contributed by atoms with Gasteiger partial charge in [-0.3, -0.25) is 9.69 Å². The van der Waals surface area contributed by atoms with E-state index in [0.29, 0.717) is 17.4 Å². The Morgan fingerprint density at radius 1 is 1.21 bits per heavy atom. The van der Waals surface area contributed by atoms with Crippen molar-refractivity contribution in [2.75, 3.05) is 26.8 Å². The smallest absolute Gasteiger partial charge is 0.255 e. The quantitative estimate of drug-likeness (QED) is 0.826. The number of hydrogen-bond donors (Lipinski definition) is 2. The fourth-order valence-electron chi connectivity index (χ4n) is 4.54. The first-order valence-electron chi connectivity index (χ1n) is 9.73. The highest BCUT2D eigenvalue weighted by molar-refractivity contribution is 5.75. The van der Waals surface area contributed by atoms with Crippen LogP contribution in [0.4, 0.5) is 0 Å². The summed E-state index contributed by atoms with van der Waals surface area (Å²) in [5.41, 5.74) is 15.6. The number of rotatable bonds is 5. The van der Waals surface area contributed by atoms with Crippen molar-refractivity contribution in [3.05, 3.63) is 59.2 Å². The predicted octanol–water partition coefficient (Wildman–Crippen LogP) is 1.97. The van der Waals surface area contributed by atoms with Crippen LogP contribution in [0.15, 0.2) is 42.5 Å². The van der Waals surface area contributed by atoms with Crippen molar-refractivity contribution in [1.82, 2.24) is 4.90 Å². The van der Waals surface area contributed by atoms with Gasteiger partial charge in [0.25, 0.3) is 5.91 Å². The van der Waals surface area contributed by atoms with Crippen LogP contribution in [-0.2, 0) is 11.2 Å². The molecule has 2 aromatic rings. The molecular weight excluding hydrogens is 354 g/mol. The van der Waals surface area contributed by atoms with Gasteiger partial charge in [0.2, 0.25) is 0 Å². The molecule has 0 saturated carbocycles. The number of methoxy groups -OCH3 is 1. The van der Waals surface area contributed by atoms with Gasteiger partial charge < -0.3 is 20.9 Å². The molecule has 4 N–H and O–H groups in total. The first kappa shape index (κ1) is 18.8. The van der Waals surface area contributed by atoms with Crippen molar-refractivity contribution in [1.29, 1.82) is 0 Å². The SMILES string of the molecule is COc1cc2c(cc1OCC(N)=O)CCN1C[C@@H](c3ccccc3)[C@H](N)C[C@H]21. The number of ether oxygens (including phenoxy) is 2. The first-order valence-corrected chi connectivity index (χ1v) is 9.73. The molecule has 6 nitrogen and oxygen atoms in total. The molecule has 2 aromatic carbocycles. The van der Waals surface area contributed by atoms with Gasteiger partial charge in [0.1, 0.15) is 0 Å². The standard InChI is InChI=1S/C22H27N3O3/c1-27-20-10-16-15(9-21(20)28-13-22(24)26)7-8-25-12-17(18(23)11-19(16)25)14-5-3-2-4-6-14/h2-6,9-10,17-19H,7-8,11-13,23H2,1H3,(H2,24,26)/t17-,18+,19+/m0/s1. The van der Waals surface area contributed by atoms with Gasteiger partial charge in [-0.15, -0.1) is 0 Å². The monoisotopic (exact) mass is 381 g/mol. The number of piperidine rings is 1. The third-order valence-electron chi connectivity index (χ3n) is 5.93. The average Bonchev–Trinajstić information content (AvgIpc) is 2.71. The van der Waals surface area contributed by atoms with E-state index in [1.165, 1.54) is 16.7 Å². The Labute approximate surface area is 165 Å². The first-order chi connectivity index (χ1) is 13.6. The van der Waals surface area contributed by atoms with Crippen molar-refractivity contribution in [2.45, 2.75) is 30.8 Å². The molecule has 2 aliphatic rings. The van der Waals surface area contributed by atoms with Crippen LogP contribution in [0.25, 0.3) is 0 Å². The molecule has 28 heavy (non-hydrogen) atoms. The van der Waals surface area contributed by atoms with Crippen LogP contribution in [0, 0.1) is 0 Å². The fraction of sp³-hybridized carbons (Fsp3) is 0.409. The van der Waals surface area contributed by atoms with Crippen LogP contribution in [0.3, 0.4) is 0 Å². The number of nitrogens with two attached hydrogens (primary N) is 2. The number of nitrogens with zero attached hydrogens (tertiary/aromatic N) is 1. The summed E-state index contributed by atoms with van der Waals surface area (Å²) in [7, 11) is 1.61. The molecule has 0 bridgehead atoms. The lowest BCUT2D eigenvalue weighted by Gasteiger charge is -2.46. The maximum atomic E-state index is 11.1. The zero-order chi connectivity index (χ0) is 19.7. The summed E-state index contributed by atoms with van der Waals surface area (Å²) in [5, 5.41) is 0. The second-order valence-corrected chi connectivity index (χ2v) is 7.63. The van der Waals surface area contributed by atoms with Crippen molar-refractivity contribution < 1.29 is 14.3 Å². The molecule has 1 fully saturated rings. The molecular formula is C22H27N3O3. The van der Waals surface area contributed by atoms with Crippen molar-refractivity contribution in [2.24, 2.45) is 11.5 Å². The lowest BCUT2D eigenvalue weighted by molar-refractivity contribution is -0.119. The lowest BCUT2D eigenvalue weighted by Crippen LogP contribution is -2.49. The summed E-state index contributed by atoms with van der Waals surface area (Å²) >= 11 is 0. The van der Waals surface area contributed by atoms with E-state index in [9.17, 15) is 4.79 Å². The van der Waals surface area contributed by atoms with E-state index in [1.807, 2.05) is 18.2 Å². The van der Waals surface area contributed by atoms with E-state index in [-0.39, 0.29) is 18.7 Å². The van der Waals surface area contributed by atoms with Gasteiger partial charge in [0, 0.05) is 31.1 Å². The number of hydrogen-bond acceptors (Lipinski definition) is 5. The van der Waals surface area contributed by atoms with E-state index < -0.39 is 5.91 Å². The van der Waals surface area contributed by atoms with Crippen LogP contribution in [-0.4, -0.2) is 43.7 Å². The minimum atomic E-state index is -0.504. The van der Waals surface area contributed by atoms with Gasteiger partial charge >= 0.3 is 0 Å². The van der Waals surface area contributed by atoms with E-state index in [2.05, 4.69) is 29.2 Å². The number of fused-ring (bicyclic) bond motifs is 3. The Morgan fingerprint density at radius 2 is 2.00 bits per heavy atom. The summed E-state index contributed by atoms with van der Waals surface area (Å²) in [6.45, 7) is 1.78. The molecule has 6 heteroatoms. The maximum absolute atomic E-state index is 11.1. The van der Waals surface area contributed by atoms with Gasteiger partial charge in [-0.05, 0) is 41.7 Å². The molecule has 0 aromatic heterocycles. The van der Waals surface area contributed by atoms with Gasteiger partial charge in [-0.25, -0.2) is 0 Å². The second kappa shape index (κ2) is 7.81. The Kier molecular flexibility index (Phi) is 5.24. The predicted molar refractivity (Wildman–Crippen MR) is 107 cm³/mol. The van der Waals surface area contributed by atoms with E-state index in [4.69, 9.17) is 20.9 Å². The summed E-state index contributed by atoms with van der Waals surface area (Å²) < 4.78 is 11.1. The summed E-state index contributed by atoms with van der Waals surface area (Å²) in [4.78, 5) is 13.6. The summed E-state index contributed by atoms with van der Waals surface area (Å²) in [6, 6.07) is 15.0. The lowest BCUT2D eigenvalue weighted by atomic mass is 9.78. The third-order valence-corrected chi connectivity index (χ3v) is 5.93. The highest BCUT2D eigenvalue weighted by atomic mass is 16.5. The minimum absolute atomic E-state index is 0.103. The number of carbonyl (C=O) groups excluding carboxylic acids is 1. The average molecular weight is 381 g/mol. The molecule has 0 unspecified atom stereocenters. The van der Waals surface area contributed by atoms with Crippen molar-refractivity contribution in [3.8, 4) is 11.5 Å². The molecule has 2 aliphatic heterocycles. The molecule has 0 radical (unpaired) electrons. The molecule has 1 amide bonds. The fourth-order valence-corrected chi connectivity index (χ4v) is 4.54. The van der Waals surface area contributed by atoms with Crippen LogP contribution >= 0.6 is 0 Å². The Bertz CT molecular complexity index is 856. The third kappa shape index (κ3) is 3.57. The normalized spacial score (nSPS) is 24.1. The molecule has 4 rings (SSSR count). The van der Waals surface area contributed by atoms with E-state index >= 15 is 0 Å². The highest BCUT2D eigenvalue weighted by Gasteiger charge is 2.38. The Morgan fingerprint density at radius 3 is 2.71 bits per heavy atom. The van der Waals surface area contributed by atoms with Gasteiger partial charge in [-0.2, -0.15) is 0 Å². The number of amides is 1. The van der Waals surface area contributed by atoms with Gasteiger partial charge in [-0.1, -0.05) is 30.3 Å². The largest absolute Gasteiger partial charge is 0.493 e. The molecule has 2 heterocycles. The van der Waals surface area contributed by atoms with Crippen LogP contribution in [0.2, 0.25) is 0 Å². The molecule has 1 saturated heterocycles. The number of benzene rings is 2. The van der Waals surface area contributed by atoms with Crippen molar-refractivity contribution in [3.63, 3.8) is 0 Å². The second-order valence-electron chi connectivity index (χ2n) is 7.63. The van der Waals surface area contributed by atoms with E-state index in [0.717, 1.165) is 25.9 Å².